The average molecular weight is 390 g/mol. The lowest BCUT2D eigenvalue weighted by Crippen LogP contribution is -2.26. The van der Waals surface area contributed by atoms with Gasteiger partial charge in [0.15, 0.2) is 11.5 Å². The maximum Gasteiger partial charge on any atom is 0.166 e. The van der Waals surface area contributed by atoms with Crippen LogP contribution in [0.2, 0.25) is 0 Å². The SMILES string of the molecule is CCOc1cccc(CN[C@@H](C)CCc2ccccc2)c1OCc1ccccc1. The molecule has 3 nitrogen and oxygen atoms in total. The molecule has 3 aromatic carbocycles. The van der Waals surface area contributed by atoms with E-state index in [0.29, 0.717) is 19.3 Å². The molecule has 0 fully saturated rings. The van der Waals surface area contributed by atoms with Crippen LogP contribution in [0.5, 0.6) is 11.5 Å². The maximum absolute atomic E-state index is 6.20. The summed E-state index contributed by atoms with van der Waals surface area (Å²) in [6, 6.07) is 27.4. The first kappa shape index (κ1) is 20.9. The van der Waals surface area contributed by atoms with Gasteiger partial charge in [0.1, 0.15) is 6.61 Å². The molecule has 3 rings (SSSR count). The molecule has 152 valence electrons. The zero-order chi connectivity index (χ0) is 20.3. The van der Waals surface area contributed by atoms with Crippen molar-refractivity contribution in [3.05, 3.63) is 95.6 Å². The number of rotatable bonds is 11. The van der Waals surface area contributed by atoms with Crippen molar-refractivity contribution < 1.29 is 9.47 Å². The Labute approximate surface area is 174 Å². The summed E-state index contributed by atoms with van der Waals surface area (Å²) in [5.74, 6) is 1.64. The van der Waals surface area contributed by atoms with Gasteiger partial charge in [0.2, 0.25) is 0 Å². The molecular weight excluding hydrogens is 358 g/mol. The molecule has 0 heterocycles. The predicted molar refractivity (Wildman–Crippen MR) is 119 cm³/mol. The van der Waals surface area contributed by atoms with Gasteiger partial charge in [-0.2, -0.15) is 0 Å². The molecular formula is C26H31NO2. The molecule has 0 unspecified atom stereocenters. The molecule has 0 aliphatic heterocycles. The Kier molecular flexibility index (Phi) is 8.14. The van der Waals surface area contributed by atoms with E-state index in [1.165, 1.54) is 5.56 Å². The molecule has 0 saturated carbocycles. The fourth-order valence-corrected chi connectivity index (χ4v) is 3.28. The Balaban J connectivity index is 1.61. The van der Waals surface area contributed by atoms with Gasteiger partial charge < -0.3 is 14.8 Å². The van der Waals surface area contributed by atoms with Crippen LogP contribution in [0.3, 0.4) is 0 Å². The van der Waals surface area contributed by atoms with Crippen LogP contribution in [0, 0.1) is 0 Å². The molecule has 0 aliphatic carbocycles. The zero-order valence-corrected chi connectivity index (χ0v) is 17.4. The lowest BCUT2D eigenvalue weighted by Gasteiger charge is -2.19. The van der Waals surface area contributed by atoms with Crippen molar-refractivity contribution in [2.75, 3.05) is 6.61 Å². The third kappa shape index (κ3) is 6.65. The van der Waals surface area contributed by atoms with Crippen LogP contribution in [0.4, 0.5) is 0 Å². The van der Waals surface area contributed by atoms with Gasteiger partial charge in [-0.15, -0.1) is 0 Å². The quantitative estimate of drug-likeness (QED) is 0.451. The smallest absolute Gasteiger partial charge is 0.166 e. The average Bonchev–Trinajstić information content (AvgIpc) is 2.77. The summed E-state index contributed by atoms with van der Waals surface area (Å²) in [6.45, 7) is 6.13. The van der Waals surface area contributed by atoms with Gasteiger partial charge in [-0.3, -0.25) is 0 Å². The van der Waals surface area contributed by atoms with E-state index in [4.69, 9.17) is 9.47 Å². The van der Waals surface area contributed by atoms with Gasteiger partial charge in [0, 0.05) is 18.2 Å². The minimum Gasteiger partial charge on any atom is -0.490 e. The molecule has 1 N–H and O–H groups in total. The third-order valence-electron chi connectivity index (χ3n) is 4.94. The summed E-state index contributed by atoms with van der Waals surface area (Å²) < 4.78 is 12.0. The van der Waals surface area contributed by atoms with Gasteiger partial charge in [-0.25, -0.2) is 0 Å². The summed E-state index contributed by atoms with van der Waals surface area (Å²) in [5, 5.41) is 3.64. The molecule has 29 heavy (non-hydrogen) atoms. The first-order valence-corrected chi connectivity index (χ1v) is 10.4. The molecule has 0 radical (unpaired) electrons. The summed E-state index contributed by atoms with van der Waals surface area (Å²) in [5.41, 5.74) is 3.65. The highest BCUT2D eigenvalue weighted by atomic mass is 16.5. The van der Waals surface area contributed by atoms with Gasteiger partial charge in [-0.05, 0) is 43.9 Å². The minimum absolute atomic E-state index is 0.410. The van der Waals surface area contributed by atoms with Crippen LogP contribution >= 0.6 is 0 Å². The third-order valence-corrected chi connectivity index (χ3v) is 4.94. The summed E-state index contributed by atoms with van der Waals surface area (Å²) in [6.07, 6.45) is 2.17. The lowest BCUT2D eigenvalue weighted by atomic mass is 10.1. The van der Waals surface area contributed by atoms with E-state index in [2.05, 4.69) is 60.8 Å². The van der Waals surface area contributed by atoms with Crippen LogP contribution in [-0.2, 0) is 19.6 Å². The van der Waals surface area contributed by atoms with Gasteiger partial charge >= 0.3 is 0 Å². The van der Waals surface area contributed by atoms with Crippen molar-refractivity contribution in [1.29, 1.82) is 0 Å². The number of benzene rings is 3. The van der Waals surface area contributed by atoms with Crippen LogP contribution in [-0.4, -0.2) is 12.6 Å². The molecule has 0 spiro atoms. The van der Waals surface area contributed by atoms with Crippen molar-refractivity contribution in [2.24, 2.45) is 0 Å². The first-order valence-electron chi connectivity index (χ1n) is 10.4. The second kappa shape index (κ2) is 11.3. The molecule has 3 aromatic rings. The monoisotopic (exact) mass is 389 g/mol. The van der Waals surface area contributed by atoms with Crippen molar-refractivity contribution in [3.8, 4) is 11.5 Å². The fraction of sp³-hybridized carbons (Fsp3) is 0.308. The second-order valence-corrected chi connectivity index (χ2v) is 7.26. The summed E-state index contributed by atoms with van der Waals surface area (Å²) >= 11 is 0. The number of hydrogen-bond acceptors (Lipinski definition) is 3. The predicted octanol–water partition coefficient (Wildman–Crippen LogP) is 5.78. The minimum atomic E-state index is 0.410. The highest BCUT2D eigenvalue weighted by Crippen LogP contribution is 2.32. The van der Waals surface area contributed by atoms with Crippen molar-refractivity contribution in [2.45, 2.75) is 45.9 Å². The van der Waals surface area contributed by atoms with Crippen molar-refractivity contribution >= 4 is 0 Å². The Morgan fingerprint density at radius 2 is 1.48 bits per heavy atom. The van der Waals surface area contributed by atoms with Crippen molar-refractivity contribution in [1.82, 2.24) is 5.32 Å². The lowest BCUT2D eigenvalue weighted by molar-refractivity contribution is 0.265. The normalized spacial score (nSPS) is 11.8. The van der Waals surface area contributed by atoms with Crippen LogP contribution in [0.15, 0.2) is 78.9 Å². The van der Waals surface area contributed by atoms with Gasteiger partial charge in [0.25, 0.3) is 0 Å². The number of ether oxygens (including phenoxy) is 2. The van der Waals surface area contributed by atoms with Crippen LogP contribution in [0.25, 0.3) is 0 Å². The van der Waals surface area contributed by atoms with E-state index in [9.17, 15) is 0 Å². The Morgan fingerprint density at radius 3 is 2.17 bits per heavy atom. The summed E-state index contributed by atoms with van der Waals surface area (Å²) in [7, 11) is 0. The second-order valence-electron chi connectivity index (χ2n) is 7.26. The Bertz CT molecular complexity index is 849. The fourth-order valence-electron chi connectivity index (χ4n) is 3.28. The van der Waals surface area contributed by atoms with Crippen molar-refractivity contribution in [3.63, 3.8) is 0 Å². The highest BCUT2D eigenvalue weighted by molar-refractivity contribution is 5.46. The topological polar surface area (TPSA) is 30.5 Å². The number of aryl methyl sites for hydroxylation is 1. The van der Waals surface area contributed by atoms with Gasteiger partial charge in [-0.1, -0.05) is 72.8 Å². The summed E-state index contributed by atoms with van der Waals surface area (Å²) in [4.78, 5) is 0. The van der Waals surface area contributed by atoms with Crippen LogP contribution in [0.1, 0.15) is 37.0 Å². The van der Waals surface area contributed by atoms with Crippen LogP contribution < -0.4 is 14.8 Å². The first-order chi connectivity index (χ1) is 14.3. The zero-order valence-electron chi connectivity index (χ0n) is 17.4. The van der Waals surface area contributed by atoms with E-state index in [-0.39, 0.29) is 0 Å². The molecule has 0 saturated heterocycles. The molecule has 1 atom stereocenters. The molecule has 0 amide bonds. The molecule has 0 aromatic heterocycles. The molecule has 0 bridgehead atoms. The van der Waals surface area contributed by atoms with E-state index in [1.54, 1.807) is 0 Å². The molecule has 3 heteroatoms. The number of hydrogen-bond donors (Lipinski definition) is 1. The van der Waals surface area contributed by atoms with E-state index in [0.717, 1.165) is 42.0 Å². The standard InChI is InChI=1S/C26H31NO2/c1-3-28-25-16-10-15-24(26(25)29-20-23-13-8-5-9-14-23)19-27-21(2)17-18-22-11-6-4-7-12-22/h4-16,21,27H,3,17-20H2,1-2H3/t21-/m0/s1. The molecule has 0 aliphatic rings. The Morgan fingerprint density at radius 1 is 0.793 bits per heavy atom. The highest BCUT2D eigenvalue weighted by Gasteiger charge is 2.12. The maximum atomic E-state index is 6.20. The van der Waals surface area contributed by atoms with E-state index >= 15 is 0 Å². The van der Waals surface area contributed by atoms with E-state index in [1.807, 2.05) is 37.3 Å². The number of para-hydroxylation sites is 1. The number of nitrogens with one attached hydrogen (secondary N) is 1. The van der Waals surface area contributed by atoms with Gasteiger partial charge in [0.05, 0.1) is 6.61 Å². The largest absolute Gasteiger partial charge is 0.490 e. The Hall–Kier alpha value is -2.78. The van der Waals surface area contributed by atoms with E-state index < -0.39 is 0 Å².